The van der Waals surface area contributed by atoms with Crippen LogP contribution >= 0.6 is 0 Å². The highest BCUT2D eigenvalue weighted by Crippen LogP contribution is 1.89. The Bertz CT molecular complexity index is 383. The quantitative estimate of drug-likeness (QED) is 0.564. The summed E-state index contributed by atoms with van der Waals surface area (Å²) in [6, 6.07) is 0. The van der Waals surface area contributed by atoms with Gasteiger partial charge in [-0.1, -0.05) is 0 Å². The average Bonchev–Trinajstić information content (AvgIpc) is 2.55. The van der Waals surface area contributed by atoms with Crippen LogP contribution < -0.4 is 5.69 Å². The second-order valence-corrected chi connectivity index (χ2v) is 1.94. The molecule has 2 aromatic rings. The van der Waals surface area contributed by atoms with Crippen LogP contribution in [0.3, 0.4) is 0 Å². The highest BCUT2D eigenvalue weighted by atomic mass is 16.1. The first kappa shape index (κ1) is 5.90. The van der Waals surface area contributed by atoms with E-state index in [2.05, 4.69) is 20.2 Å². The molecule has 0 aliphatic heterocycles. The van der Waals surface area contributed by atoms with E-state index < -0.39 is 0 Å². The normalized spacial score (nSPS) is 10.2. The summed E-state index contributed by atoms with van der Waals surface area (Å²) in [5.74, 6) is 0.413. The molecule has 2 rings (SSSR count). The lowest BCUT2D eigenvalue weighted by atomic mass is 10.8. The lowest BCUT2D eigenvalue weighted by Gasteiger charge is -1.89. The number of imidazole rings is 1. The zero-order chi connectivity index (χ0) is 7.68. The first-order valence-corrected chi connectivity index (χ1v) is 3.00. The van der Waals surface area contributed by atoms with Crippen molar-refractivity contribution in [2.75, 3.05) is 0 Å². The first-order chi connectivity index (χ1) is 5.38. The van der Waals surface area contributed by atoms with E-state index in [0.717, 1.165) is 0 Å². The molecule has 0 amide bonds. The van der Waals surface area contributed by atoms with Crippen molar-refractivity contribution in [3.63, 3.8) is 0 Å². The highest BCUT2D eigenvalue weighted by Gasteiger charge is 1.99. The molecule has 0 aliphatic carbocycles. The highest BCUT2D eigenvalue weighted by molar-refractivity contribution is 5.06. The van der Waals surface area contributed by atoms with Crippen LogP contribution in [0.4, 0.5) is 0 Å². The zero-order valence-corrected chi connectivity index (χ0v) is 5.48. The fourth-order valence-electron chi connectivity index (χ4n) is 0.802. The number of rotatable bonds is 1. The minimum Gasteiger partial charge on any atom is -0.312 e. The average molecular weight is 151 g/mol. The summed E-state index contributed by atoms with van der Waals surface area (Å²) >= 11 is 0. The van der Waals surface area contributed by atoms with Crippen molar-refractivity contribution in [2.45, 2.75) is 0 Å². The van der Waals surface area contributed by atoms with Crippen LogP contribution in [-0.2, 0) is 0 Å². The van der Waals surface area contributed by atoms with Gasteiger partial charge in [0, 0.05) is 12.4 Å². The minimum atomic E-state index is -0.234. The molecule has 0 bridgehead atoms. The van der Waals surface area contributed by atoms with Gasteiger partial charge in [0.25, 0.3) is 0 Å². The zero-order valence-electron chi connectivity index (χ0n) is 5.48. The Morgan fingerprint density at radius 3 is 3.00 bits per heavy atom. The number of nitrogens with zero attached hydrogens (tertiary/aromatic N) is 3. The summed E-state index contributed by atoms with van der Waals surface area (Å²) in [5.41, 5.74) is -0.234. The second-order valence-electron chi connectivity index (χ2n) is 1.94. The maximum absolute atomic E-state index is 10.9. The number of aromatic amines is 2. The van der Waals surface area contributed by atoms with Crippen molar-refractivity contribution in [1.82, 2.24) is 24.7 Å². The van der Waals surface area contributed by atoms with Gasteiger partial charge >= 0.3 is 5.69 Å². The van der Waals surface area contributed by atoms with Crippen LogP contribution in [0.25, 0.3) is 5.95 Å². The van der Waals surface area contributed by atoms with Gasteiger partial charge in [-0.05, 0) is 0 Å². The van der Waals surface area contributed by atoms with Crippen molar-refractivity contribution in [3.8, 4) is 5.95 Å². The molecule has 0 fully saturated rings. The largest absolute Gasteiger partial charge is 0.332 e. The SMILES string of the molecule is O=c1[nH]ccn1-c1ncn[nH]1. The maximum atomic E-state index is 10.9. The van der Waals surface area contributed by atoms with Gasteiger partial charge < -0.3 is 4.98 Å². The van der Waals surface area contributed by atoms with Crippen LogP contribution in [0.2, 0.25) is 0 Å². The Hall–Kier alpha value is -1.85. The molecule has 11 heavy (non-hydrogen) atoms. The van der Waals surface area contributed by atoms with Gasteiger partial charge in [0.05, 0.1) is 0 Å². The molecular formula is C5H5N5O. The van der Waals surface area contributed by atoms with Gasteiger partial charge in [0.1, 0.15) is 6.33 Å². The Morgan fingerprint density at radius 2 is 2.45 bits per heavy atom. The van der Waals surface area contributed by atoms with Crippen LogP contribution in [0.15, 0.2) is 23.5 Å². The number of hydrogen-bond acceptors (Lipinski definition) is 3. The van der Waals surface area contributed by atoms with E-state index in [1.165, 1.54) is 17.1 Å². The van der Waals surface area contributed by atoms with Gasteiger partial charge in [-0.15, -0.1) is 0 Å². The fourth-order valence-corrected chi connectivity index (χ4v) is 0.802. The van der Waals surface area contributed by atoms with Gasteiger partial charge in [-0.2, -0.15) is 10.1 Å². The van der Waals surface area contributed by atoms with Gasteiger partial charge in [-0.3, -0.25) is 0 Å². The predicted molar refractivity (Wildman–Crippen MR) is 36.3 cm³/mol. The number of nitrogens with one attached hydrogen (secondary N) is 2. The molecule has 0 saturated carbocycles. The summed E-state index contributed by atoms with van der Waals surface area (Å²) in [6.07, 6.45) is 4.45. The second kappa shape index (κ2) is 2.08. The maximum Gasteiger partial charge on any atom is 0.332 e. The Morgan fingerprint density at radius 1 is 1.55 bits per heavy atom. The molecule has 0 saturated heterocycles. The Labute approximate surface area is 60.9 Å². The number of aromatic nitrogens is 5. The molecule has 2 N–H and O–H groups in total. The molecule has 0 spiro atoms. The lowest BCUT2D eigenvalue weighted by molar-refractivity contribution is 0.893. The first-order valence-electron chi connectivity index (χ1n) is 3.00. The summed E-state index contributed by atoms with van der Waals surface area (Å²) in [4.78, 5) is 17.2. The standard InChI is InChI=1S/C5H5N5O/c11-5-6-1-2-10(5)4-7-3-8-9-4/h1-3H,(H,6,11)(H,7,8,9). The van der Waals surface area contributed by atoms with Gasteiger partial charge in [0.2, 0.25) is 5.95 Å². The molecule has 0 unspecified atom stereocenters. The third kappa shape index (κ3) is 0.841. The molecule has 56 valence electrons. The number of hydrogen-bond donors (Lipinski definition) is 2. The van der Waals surface area contributed by atoms with Crippen molar-refractivity contribution >= 4 is 0 Å². The molecule has 0 atom stereocenters. The summed E-state index contributed by atoms with van der Waals surface area (Å²) in [6.45, 7) is 0. The molecular weight excluding hydrogens is 146 g/mol. The predicted octanol–water partition coefficient (Wildman–Crippen LogP) is -0.716. The molecule has 6 nitrogen and oxygen atoms in total. The van der Waals surface area contributed by atoms with E-state index in [1.54, 1.807) is 6.20 Å². The molecule has 2 aromatic heterocycles. The Kier molecular flexibility index (Phi) is 1.12. The van der Waals surface area contributed by atoms with Crippen molar-refractivity contribution < 1.29 is 0 Å². The van der Waals surface area contributed by atoms with Crippen LogP contribution in [-0.4, -0.2) is 24.7 Å². The van der Waals surface area contributed by atoms with Crippen LogP contribution in [0.1, 0.15) is 0 Å². The van der Waals surface area contributed by atoms with E-state index >= 15 is 0 Å². The lowest BCUT2D eigenvalue weighted by Crippen LogP contribution is -2.15. The molecule has 2 heterocycles. The minimum absolute atomic E-state index is 0.234. The Balaban J connectivity index is 2.62. The van der Waals surface area contributed by atoms with Gasteiger partial charge in [0.15, 0.2) is 0 Å². The summed E-state index contributed by atoms with van der Waals surface area (Å²) in [7, 11) is 0. The smallest absolute Gasteiger partial charge is 0.312 e. The molecule has 0 radical (unpaired) electrons. The van der Waals surface area contributed by atoms with Gasteiger partial charge in [-0.25, -0.2) is 14.5 Å². The summed E-state index contributed by atoms with van der Waals surface area (Å²) in [5, 5.41) is 6.17. The molecule has 0 aromatic carbocycles. The van der Waals surface area contributed by atoms with E-state index in [0.29, 0.717) is 5.95 Å². The van der Waals surface area contributed by atoms with Crippen molar-refractivity contribution in [3.05, 3.63) is 29.2 Å². The third-order valence-corrected chi connectivity index (χ3v) is 1.28. The fraction of sp³-hybridized carbons (Fsp3) is 0. The van der Waals surface area contributed by atoms with E-state index in [1.807, 2.05) is 0 Å². The number of H-pyrrole nitrogens is 2. The van der Waals surface area contributed by atoms with Crippen LogP contribution in [0, 0.1) is 0 Å². The summed E-state index contributed by atoms with van der Waals surface area (Å²) < 4.78 is 1.33. The van der Waals surface area contributed by atoms with Crippen molar-refractivity contribution in [2.24, 2.45) is 0 Å². The molecule has 0 aliphatic rings. The van der Waals surface area contributed by atoms with Crippen molar-refractivity contribution in [1.29, 1.82) is 0 Å². The van der Waals surface area contributed by atoms with E-state index in [-0.39, 0.29) is 5.69 Å². The van der Waals surface area contributed by atoms with E-state index in [9.17, 15) is 4.79 Å². The molecule has 6 heteroatoms. The third-order valence-electron chi connectivity index (χ3n) is 1.28. The van der Waals surface area contributed by atoms with Crippen LogP contribution in [0.5, 0.6) is 0 Å². The topological polar surface area (TPSA) is 79.4 Å². The van der Waals surface area contributed by atoms with E-state index in [4.69, 9.17) is 0 Å². The monoisotopic (exact) mass is 151 g/mol.